The van der Waals surface area contributed by atoms with Crippen LogP contribution in [0.2, 0.25) is 0 Å². The second-order valence-electron chi connectivity index (χ2n) is 7.42. The number of amides is 2. The molecule has 0 aromatic heterocycles. The van der Waals surface area contributed by atoms with E-state index >= 15 is 0 Å². The number of benzene rings is 3. The van der Waals surface area contributed by atoms with Gasteiger partial charge in [0.15, 0.2) is 0 Å². The number of carbonyl (C=O) groups excluding carboxylic acids is 2. The maximum Gasteiger partial charge on any atom is 0.416 e. The van der Waals surface area contributed by atoms with Crippen LogP contribution in [0.4, 0.5) is 13.2 Å². The lowest BCUT2D eigenvalue weighted by Gasteiger charge is -2.21. The van der Waals surface area contributed by atoms with Crippen LogP contribution in [0.1, 0.15) is 37.9 Å². The first kappa shape index (κ1) is 22.5. The number of hydrogen-bond acceptors (Lipinski definition) is 4. The molecule has 0 saturated carbocycles. The van der Waals surface area contributed by atoms with Crippen molar-refractivity contribution in [2.75, 3.05) is 19.8 Å². The highest BCUT2D eigenvalue weighted by Crippen LogP contribution is 2.31. The smallest absolute Gasteiger partial charge is 0.416 e. The Bertz CT molecular complexity index is 1100. The fourth-order valence-corrected chi connectivity index (χ4v) is 3.54. The highest BCUT2D eigenvalue weighted by atomic mass is 19.4. The number of rotatable bonds is 8. The Morgan fingerprint density at radius 3 is 1.94 bits per heavy atom. The zero-order chi connectivity index (χ0) is 23.4. The molecule has 1 unspecified atom stereocenters. The van der Waals surface area contributed by atoms with Gasteiger partial charge in [0.2, 0.25) is 0 Å². The summed E-state index contributed by atoms with van der Waals surface area (Å²) in [5.41, 5.74) is 0.757. The van der Waals surface area contributed by atoms with E-state index in [9.17, 15) is 22.8 Å². The van der Waals surface area contributed by atoms with Gasteiger partial charge < -0.3 is 9.47 Å². The molecule has 0 N–H and O–H groups in total. The van der Waals surface area contributed by atoms with E-state index in [1.54, 1.807) is 24.3 Å². The first-order chi connectivity index (χ1) is 15.8. The summed E-state index contributed by atoms with van der Waals surface area (Å²) in [6.07, 6.45) is -5.02. The molecule has 0 spiro atoms. The molecule has 170 valence electrons. The Morgan fingerprint density at radius 2 is 1.36 bits per heavy atom. The Balaban J connectivity index is 1.38. The number of carbonyl (C=O) groups is 2. The summed E-state index contributed by atoms with van der Waals surface area (Å²) in [5.74, 6) is -0.458. The first-order valence-electron chi connectivity index (χ1n) is 10.3. The largest absolute Gasteiger partial charge is 0.483 e. The Hall–Kier alpha value is -3.65. The molecule has 1 aliphatic heterocycles. The summed E-state index contributed by atoms with van der Waals surface area (Å²) in [6.45, 7) is 0.244. The van der Waals surface area contributed by atoms with Gasteiger partial charge in [-0.05, 0) is 42.0 Å². The number of fused-ring (bicyclic) bond motifs is 1. The van der Waals surface area contributed by atoms with Crippen LogP contribution in [-0.4, -0.2) is 36.5 Å². The molecule has 3 aromatic rings. The Labute approximate surface area is 188 Å². The van der Waals surface area contributed by atoms with Crippen molar-refractivity contribution in [1.29, 1.82) is 0 Å². The number of ether oxygens (including phenoxy) is 2. The molecule has 33 heavy (non-hydrogen) atoms. The van der Waals surface area contributed by atoms with Gasteiger partial charge in [-0.1, -0.05) is 42.5 Å². The molecular formula is C25H20F3NO4. The molecule has 0 fully saturated rings. The quantitative estimate of drug-likeness (QED) is 0.349. The van der Waals surface area contributed by atoms with Crippen LogP contribution in [-0.2, 0) is 10.9 Å². The summed E-state index contributed by atoms with van der Waals surface area (Å²) in [5, 5.41) is 0. The van der Waals surface area contributed by atoms with Crippen LogP contribution < -0.4 is 4.74 Å². The van der Waals surface area contributed by atoms with Crippen LogP contribution in [0.3, 0.4) is 0 Å². The topological polar surface area (TPSA) is 55.8 Å². The van der Waals surface area contributed by atoms with E-state index in [2.05, 4.69) is 0 Å². The van der Waals surface area contributed by atoms with E-state index in [1.165, 1.54) is 12.1 Å². The van der Waals surface area contributed by atoms with E-state index in [-0.39, 0.29) is 37.3 Å². The maximum absolute atomic E-state index is 12.8. The minimum absolute atomic E-state index is 0.0775. The molecular weight excluding hydrogens is 435 g/mol. The third-order valence-electron chi connectivity index (χ3n) is 5.24. The van der Waals surface area contributed by atoms with Gasteiger partial charge in [-0.15, -0.1) is 0 Å². The Morgan fingerprint density at radius 1 is 0.788 bits per heavy atom. The Kier molecular flexibility index (Phi) is 6.46. The van der Waals surface area contributed by atoms with Gasteiger partial charge in [0.1, 0.15) is 11.9 Å². The van der Waals surface area contributed by atoms with Gasteiger partial charge in [0.25, 0.3) is 11.8 Å². The number of hydrogen-bond donors (Lipinski definition) is 0. The highest BCUT2D eigenvalue weighted by molar-refractivity contribution is 6.21. The van der Waals surface area contributed by atoms with E-state index in [0.29, 0.717) is 11.1 Å². The third-order valence-corrected chi connectivity index (χ3v) is 5.24. The zero-order valence-electron chi connectivity index (χ0n) is 17.4. The predicted octanol–water partition coefficient (Wildman–Crippen LogP) is 5.14. The molecule has 3 aromatic carbocycles. The molecule has 2 amide bonds. The summed E-state index contributed by atoms with van der Waals surface area (Å²) in [6, 6.07) is 20.2. The van der Waals surface area contributed by atoms with Crippen LogP contribution in [0.5, 0.6) is 5.75 Å². The minimum atomic E-state index is -4.43. The number of imide groups is 1. The molecule has 1 heterocycles. The van der Waals surface area contributed by atoms with Crippen molar-refractivity contribution >= 4 is 11.8 Å². The van der Waals surface area contributed by atoms with Gasteiger partial charge in [-0.2, -0.15) is 13.2 Å². The maximum atomic E-state index is 12.8. The van der Waals surface area contributed by atoms with Gasteiger partial charge in [-0.25, -0.2) is 0 Å². The third kappa shape index (κ3) is 5.06. The molecule has 0 radical (unpaired) electrons. The predicted molar refractivity (Wildman–Crippen MR) is 114 cm³/mol. The lowest BCUT2D eigenvalue weighted by Crippen LogP contribution is -2.33. The lowest BCUT2D eigenvalue weighted by molar-refractivity contribution is -0.137. The second kappa shape index (κ2) is 9.46. The van der Waals surface area contributed by atoms with Crippen molar-refractivity contribution in [2.24, 2.45) is 0 Å². The molecule has 5 nitrogen and oxygen atoms in total. The SMILES string of the molecule is O=C1c2ccccc2C(=O)N1CCOCC(Oc1ccc(C(F)(F)F)cc1)c1ccccc1. The number of alkyl halides is 3. The average Bonchev–Trinajstić information content (AvgIpc) is 3.06. The number of nitrogens with zero attached hydrogens (tertiary/aromatic N) is 1. The van der Waals surface area contributed by atoms with Crippen LogP contribution in [0.25, 0.3) is 0 Å². The summed E-state index contributed by atoms with van der Waals surface area (Å²) >= 11 is 0. The second-order valence-corrected chi connectivity index (χ2v) is 7.42. The molecule has 8 heteroatoms. The van der Waals surface area contributed by atoms with Crippen LogP contribution in [0.15, 0.2) is 78.9 Å². The van der Waals surface area contributed by atoms with E-state index in [4.69, 9.17) is 9.47 Å². The first-order valence-corrected chi connectivity index (χ1v) is 10.3. The fourth-order valence-electron chi connectivity index (χ4n) is 3.54. The van der Waals surface area contributed by atoms with Crippen LogP contribution >= 0.6 is 0 Å². The lowest BCUT2D eigenvalue weighted by atomic mass is 10.1. The summed E-state index contributed by atoms with van der Waals surface area (Å²) in [4.78, 5) is 26.0. The van der Waals surface area contributed by atoms with Crippen molar-refractivity contribution < 1.29 is 32.2 Å². The van der Waals surface area contributed by atoms with Gasteiger partial charge in [0, 0.05) is 0 Å². The standard InChI is InChI=1S/C25H20F3NO4/c26-25(27,28)18-10-12-19(13-11-18)33-22(17-6-2-1-3-7-17)16-32-15-14-29-23(30)20-8-4-5-9-21(20)24(29)31/h1-13,22H,14-16H2. The van der Waals surface area contributed by atoms with E-state index < -0.39 is 17.8 Å². The molecule has 1 atom stereocenters. The van der Waals surface area contributed by atoms with Crippen molar-refractivity contribution in [2.45, 2.75) is 12.3 Å². The average molecular weight is 455 g/mol. The normalized spacial score (nSPS) is 14.3. The van der Waals surface area contributed by atoms with E-state index in [0.717, 1.165) is 22.6 Å². The summed E-state index contributed by atoms with van der Waals surface area (Å²) < 4.78 is 50.0. The molecule has 0 saturated heterocycles. The molecule has 0 bridgehead atoms. The van der Waals surface area contributed by atoms with Crippen LogP contribution in [0, 0.1) is 0 Å². The van der Waals surface area contributed by atoms with E-state index in [1.807, 2.05) is 30.3 Å². The molecule has 4 rings (SSSR count). The van der Waals surface area contributed by atoms with Crippen molar-refractivity contribution in [3.05, 3.63) is 101 Å². The molecule has 0 aliphatic carbocycles. The molecule has 1 aliphatic rings. The summed E-state index contributed by atoms with van der Waals surface area (Å²) in [7, 11) is 0. The number of halogens is 3. The van der Waals surface area contributed by atoms with Crippen molar-refractivity contribution in [3.8, 4) is 5.75 Å². The van der Waals surface area contributed by atoms with Crippen molar-refractivity contribution in [3.63, 3.8) is 0 Å². The van der Waals surface area contributed by atoms with Crippen molar-refractivity contribution in [1.82, 2.24) is 4.90 Å². The van der Waals surface area contributed by atoms with Gasteiger partial charge >= 0.3 is 6.18 Å². The highest BCUT2D eigenvalue weighted by Gasteiger charge is 2.34. The zero-order valence-corrected chi connectivity index (χ0v) is 17.4. The monoisotopic (exact) mass is 455 g/mol. The minimum Gasteiger partial charge on any atom is -0.483 e. The van der Waals surface area contributed by atoms with Gasteiger partial charge in [0.05, 0.1) is 36.4 Å². The fraction of sp³-hybridized carbons (Fsp3) is 0.200. The van der Waals surface area contributed by atoms with Gasteiger partial charge in [-0.3, -0.25) is 14.5 Å².